The Morgan fingerprint density at radius 1 is 1.17 bits per heavy atom. The lowest BCUT2D eigenvalue weighted by Crippen LogP contribution is -2.49. The van der Waals surface area contributed by atoms with Crippen molar-refractivity contribution in [2.24, 2.45) is 5.92 Å². The first-order valence-electron chi connectivity index (χ1n) is 8.50. The molecule has 1 aliphatic heterocycles. The van der Waals surface area contributed by atoms with Gasteiger partial charge in [0.15, 0.2) is 11.6 Å². The van der Waals surface area contributed by atoms with E-state index in [1.165, 1.54) is 6.07 Å². The molecule has 1 heterocycles. The molecule has 0 radical (unpaired) electrons. The van der Waals surface area contributed by atoms with E-state index in [4.69, 9.17) is 0 Å². The van der Waals surface area contributed by atoms with E-state index in [-0.39, 0.29) is 5.91 Å². The predicted molar refractivity (Wildman–Crippen MR) is 88.4 cm³/mol. The van der Waals surface area contributed by atoms with Crippen molar-refractivity contribution in [3.8, 4) is 0 Å². The maximum absolute atomic E-state index is 13.2. The van der Waals surface area contributed by atoms with Gasteiger partial charge in [-0.3, -0.25) is 9.69 Å². The van der Waals surface area contributed by atoms with Gasteiger partial charge in [0.25, 0.3) is 0 Å². The van der Waals surface area contributed by atoms with E-state index in [1.807, 2.05) is 9.80 Å². The molecule has 4 nitrogen and oxygen atoms in total. The van der Waals surface area contributed by atoms with E-state index in [1.54, 1.807) is 0 Å². The van der Waals surface area contributed by atoms with Gasteiger partial charge in [-0.1, -0.05) is 19.9 Å². The summed E-state index contributed by atoms with van der Waals surface area (Å²) >= 11 is 0. The summed E-state index contributed by atoms with van der Waals surface area (Å²) in [5.74, 6) is -1.17. The zero-order chi connectivity index (χ0) is 17.7. The molecule has 0 bridgehead atoms. The summed E-state index contributed by atoms with van der Waals surface area (Å²) < 4.78 is 26.2. The Labute approximate surface area is 142 Å². The fourth-order valence-electron chi connectivity index (χ4n) is 2.82. The van der Waals surface area contributed by atoms with Crippen molar-refractivity contribution in [2.75, 3.05) is 32.7 Å². The number of piperazine rings is 1. The second-order valence-corrected chi connectivity index (χ2v) is 6.80. The number of benzene rings is 1. The molecule has 1 fully saturated rings. The van der Waals surface area contributed by atoms with Gasteiger partial charge in [0.05, 0.1) is 6.10 Å². The molecule has 1 aromatic rings. The van der Waals surface area contributed by atoms with Crippen LogP contribution >= 0.6 is 0 Å². The van der Waals surface area contributed by atoms with Crippen molar-refractivity contribution < 1.29 is 18.7 Å². The number of carbonyl (C=O) groups excluding carboxylic acids is 1. The monoisotopic (exact) mass is 340 g/mol. The van der Waals surface area contributed by atoms with Crippen molar-refractivity contribution in [3.05, 3.63) is 35.4 Å². The molecule has 1 N–H and O–H groups in total. The molecule has 6 heteroatoms. The third-order valence-corrected chi connectivity index (χ3v) is 4.42. The van der Waals surface area contributed by atoms with Gasteiger partial charge in [0.2, 0.25) is 5.91 Å². The normalized spacial score (nSPS) is 17.3. The van der Waals surface area contributed by atoms with Crippen LogP contribution in [-0.2, 0) is 4.79 Å². The molecule has 2 rings (SSSR count). The van der Waals surface area contributed by atoms with Crippen molar-refractivity contribution >= 4 is 5.91 Å². The molecule has 1 saturated heterocycles. The minimum absolute atomic E-state index is 0.185. The highest BCUT2D eigenvalue weighted by Gasteiger charge is 2.23. The first-order chi connectivity index (χ1) is 11.4. The molecule has 1 aliphatic rings. The second kappa shape index (κ2) is 8.53. The zero-order valence-corrected chi connectivity index (χ0v) is 14.3. The number of hydrogen-bond donors (Lipinski definition) is 1. The maximum Gasteiger partial charge on any atom is 0.222 e. The number of carbonyl (C=O) groups is 1. The van der Waals surface area contributed by atoms with Gasteiger partial charge in [0, 0.05) is 39.1 Å². The van der Waals surface area contributed by atoms with E-state index in [2.05, 4.69) is 13.8 Å². The molecule has 0 aromatic heterocycles. The number of rotatable bonds is 6. The van der Waals surface area contributed by atoms with Crippen LogP contribution in [0.3, 0.4) is 0 Å². The number of β-amino-alcohol motifs (C(OH)–C–C–N with tert-alkyl or cyclic N) is 1. The summed E-state index contributed by atoms with van der Waals surface area (Å²) in [5, 5.41) is 10.2. The van der Waals surface area contributed by atoms with Crippen molar-refractivity contribution in [1.29, 1.82) is 0 Å². The quantitative estimate of drug-likeness (QED) is 0.866. The lowest BCUT2D eigenvalue weighted by molar-refractivity contribution is -0.133. The van der Waals surface area contributed by atoms with E-state index in [0.717, 1.165) is 18.6 Å². The maximum atomic E-state index is 13.2. The highest BCUT2D eigenvalue weighted by atomic mass is 19.2. The summed E-state index contributed by atoms with van der Waals surface area (Å²) in [4.78, 5) is 16.0. The molecule has 1 atom stereocenters. The molecular formula is C18H26F2N2O2. The Balaban J connectivity index is 1.80. The summed E-state index contributed by atoms with van der Waals surface area (Å²) in [7, 11) is 0. The lowest BCUT2D eigenvalue weighted by Gasteiger charge is -2.35. The lowest BCUT2D eigenvalue weighted by atomic mass is 10.1. The van der Waals surface area contributed by atoms with Crippen LogP contribution < -0.4 is 0 Å². The largest absolute Gasteiger partial charge is 0.387 e. The molecule has 1 amide bonds. The summed E-state index contributed by atoms with van der Waals surface area (Å²) in [6.45, 7) is 7.18. The highest BCUT2D eigenvalue weighted by molar-refractivity contribution is 5.76. The number of amides is 1. The average molecular weight is 340 g/mol. The average Bonchev–Trinajstić information content (AvgIpc) is 2.55. The van der Waals surface area contributed by atoms with Gasteiger partial charge in [-0.2, -0.15) is 0 Å². The van der Waals surface area contributed by atoms with Crippen LogP contribution in [0.25, 0.3) is 0 Å². The molecule has 1 aromatic carbocycles. The van der Waals surface area contributed by atoms with Gasteiger partial charge in [-0.15, -0.1) is 0 Å². The van der Waals surface area contributed by atoms with Gasteiger partial charge in [0.1, 0.15) is 0 Å². The molecular weight excluding hydrogens is 314 g/mol. The minimum atomic E-state index is -0.952. The number of aliphatic hydroxyl groups excluding tert-OH is 1. The Hall–Kier alpha value is -1.53. The molecule has 0 saturated carbocycles. The van der Waals surface area contributed by atoms with Crippen LogP contribution in [-0.4, -0.2) is 53.5 Å². The second-order valence-electron chi connectivity index (χ2n) is 6.80. The third-order valence-electron chi connectivity index (χ3n) is 4.42. The van der Waals surface area contributed by atoms with Gasteiger partial charge in [-0.25, -0.2) is 8.78 Å². The van der Waals surface area contributed by atoms with Crippen molar-refractivity contribution in [2.45, 2.75) is 32.8 Å². The summed E-state index contributed by atoms with van der Waals surface area (Å²) in [5.41, 5.74) is 0.365. The number of halogens is 2. The number of nitrogens with zero attached hydrogens (tertiary/aromatic N) is 2. The SMILES string of the molecule is CC(C)CCC(=O)N1CCN(CC(O)c2ccc(F)c(F)c2)CC1. The predicted octanol–water partition coefficient (Wildman–Crippen LogP) is 2.58. The van der Waals surface area contributed by atoms with Crippen LogP contribution in [0.5, 0.6) is 0 Å². The highest BCUT2D eigenvalue weighted by Crippen LogP contribution is 2.18. The Morgan fingerprint density at radius 3 is 2.42 bits per heavy atom. The van der Waals surface area contributed by atoms with E-state index >= 15 is 0 Å². The van der Waals surface area contributed by atoms with Crippen LogP contribution in [0.1, 0.15) is 38.4 Å². The van der Waals surface area contributed by atoms with E-state index in [0.29, 0.717) is 50.6 Å². The van der Waals surface area contributed by atoms with E-state index < -0.39 is 17.7 Å². The minimum Gasteiger partial charge on any atom is -0.387 e. The summed E-state index contributed by atoms with van der Waals surface area (Å²) in [6.07, 6.45) is 0.603. The van der Waals surface area contributed by atoms with Crippen LogP contribution in [0.15, 0.2) is 18.2 Å². The van der Waals surface area contributed by atoms with Gasteiger partial charge >= 0.3 is 0 Å². The van der Waals surface area contributed by atoms with Gasteiger partial charge in [-0.05, 0) is 30.0 Å². The Bertz CT molecular complexity index is 558. The molecule has 24 heavy (non-hydrogen) atoms. The summed E-state index contributed by atoms with van der Waals surface area (Å²) in [6, 6.07) is 3.46. The van der Waals surface area contributed by atoms with Crippen molar-refractivity contribution in [1.82, 2.24) is 9.80 Å². The zero-order valence-electron chi connectivity index (χ0n) is 14.3. The molecule has 0 aliphatic carbocycles. The van der Waals surface area contributed by atoms with Crippen molar-refractivity contribution in [3.63, 3.8) is 0 Å². The van der Waals surface area contributed by atoms with Gasteiger partial charge < -0.3 is 10.0 Å². The standard InChI is InChI=1S/C18H26F2N2O2/c1-13(2)3-6-18(24)22-9-7-21(8-10-22)12-17(23)14-4-5-15(19)16(20)11-14/h4-5,11,13,17,23H,3,6-10,12H2,1-2H3. The molecule has 134 valence electrons. The Kier molecular flexibility index (Phi) is 6.69. The first-order valence-corrected chi connectivity index (χ1v) is 8.50. The van der Waals surface area contributed by atoms with E-state index in [9.17, 15) is 18.7 Å². The molecule has 0 spiro atoms. The van der Waals surface area contributed by atoms with Crippen LogP contribution in [0.2, 0.25) is 0 Å². The number of aliphatic hydroxyl groups is 1. The van der Waals surface area contributed by atoms with Crippen LogP contribution in [0.4, 0.5) is 8.78 Å². The third kappa shape index (κ3) is 5.24. The smallest absolute Gasteiger partial charge is 0.222 e. The fraction of sp³-hybridized carbons (Fsp3) is 0.611. The fourth-order valence-corrected chi connectivity index (χ4v) is 2.82. The Morgan fingerprint density at radius 2 is 1.83 bits per heavy atom. The topological polar surface area (TPSA) is 43.8 Å². The number of hydrogen-bond acceptors (Lipinski definition) is 3. The molecule has 1 unspecified atom stereocenters. The van der Waals surface area contributed by atoms with Crippen LogP contribution in [0, 0.1) is 17.6 Å². The first kappa shape index (κ1) is 18.8.